The molecule has 0 aromatic carbocycles. The second kappa shape index (κ2) is 4.92. The van der Waals surface area contributed by atoms with E-state index >= 15 is 0 Å². The van der Waals surface area contributed by atoms with Crippen LogP contribution in [-0.4, -0.2) is 50.3 Å². The average molecular weight is 286 g/mol. The molecule has 1 saturated heterocycles. The number of piperazine rings is 1. The number of hydrogen-bond acceptors (Lipinski definition) is 4. The van der Waals surface area contributed by atoms with Crippen molar-refractivity contribution < 1.29 is 8.42 Å². The van der Waals surface area contributed by atoms with Crippen molar-refractivity contribution in [2.75, 3.05) is 32.7 Å². The minimum Gasteiger partial charge on any atom is -0.300 e. The van der Waals surface area contributed by atoms with Crippen molar-refractivity contribution in [2.24, 2.45) is 5.92 Å². The van der Waals surface area contributed by atoms with Crippen LogP contribution in [0.25, 0.3) is 0 Å². The highest BCUT2D eigenvalue weighted by molar-refractivity contribution is 7.91. The van der Waals surface area contributed by atoms with Crippen LogP contribution in [0.15, 0.2) is 21.7 Å². The van der Waals surface area contributed by atoms with E-state index in [1.54, 1.807) is 16.4 Å². The van der Waals surface area contributed by atoms with Gasteiger partial charge in [0.25, 0.3) is 10.0 Å². The molecule has 1 aliphatic carbocycles. The monoisotopic (exact) mass is 286 g/mol. The molecule has 6 heteroatoms. The predicted molar refractivity (Wildman–Crippen MR) is 72.2 cm³/mol. The highest BCUT2D eigenvalue weighted by Crippen LogP contribution is 2.30. The fraction of sp³-hybridized carbons (Fsp3) is 0.667. The molecular weight excluding hydrogens is 268 g/mol. The molecule has 0 bridgehead atoms. The van der Waals surface area contributed by atoms with Crippen LogP contribution in [0.2, 0.25) is 0 Å². The van der Waals surface area contributed by atoms with Gasteiger partial charge in [0.15, 0.2) is 0 Å². The van der Waals surface area contributed by atoms with Crippen LogP contribution < -0.4 is 0 Å². The summed E-state index contributed by atoms with van der Waals surface area (Å²) < 4.78 is 26.7. The first-order valence-electron chi connectivity index (χ1n) is 6.42. The van der Waals surface area contributed by atoms with E-state index < -0.39 is 10.0 Å². The maximum atomic E-state index is 12.3. The van der Waals surface area contributed by atoms with Crippen molar-refractivity contribution in [1.82, 2.24) is 9.21 Å². The van der Waals surface area contributed by atoms with E-state index in [4.69, 9.17) is 0 Å². The van der Waals surface area contributed by atoms with Gasteiger partial charge in [-0.05, 0) is 30.2 Å². The summed E-state index contributed by atoms with van der Waals surface area (Å²) >= 11 is 1.30. The molecule has 0 spiro atoms. The summed E-state index contributed by atoms with van der Waals surface area (Å²) in [6.45, 7) is 4.18. The molecule has 18 heavy (non-hydrogen) atoms. The molecule has 0 atom stereocenters. The van der Waals surface area contributed by atoms with Crippen LogP contribution in [0.4, 0.5) is 0 Å². The van der Waals surface area contributed by atoms with E-state index in [9.17, 15) is 8.42 Å². The van der Waals surface area contributed by atoms with E-state index in [2.05, 4.69) is 4.90 Å². The molecule has 2 aliphatic rings. The number of hydrogen-bond donors (Lipinski definition) is 0. The van der Waals surface area contributed by atoms with Gasteiger partial charge in [-0.15, -0.1) is 11.3 Å². The number of nitrogens with zero attached hydrogens (tertiary/aromatic N) is 2. The molecule has 3 rings (SSSR count). The van der Waals surface area contributed by atoms with E-state index in [-0.39, 0.29) is 0 Å². The van der Waals surface area contributed by atoms with Crippen molar-refractivity contribution in [3.8, 4) is 0 Å². The standard InChI is InChI=1S/C12H18N2O2S2/c15-18(16,12-2-1-9-17-12)14-7-5-13(6-8-14)10-11-3-4-11/h1-2,9,11H,3-8,10H2. The smallest absolute Gasteiger partial charge is 0.252 e. The molecule has 2 fully saturated rings. The van der Waals surface area contributed by atoms with E-state index in [1.165, 1.54) is 24.2 Å². The SMILES string of the molecule is O=S(=O)(c1cccs1)N1CCN(CC2CC2)CC1. The Bertz CT molecular complexity index is 486. The maximum Gasteiger partial charge on any atom is 0.252 e. The normalized spacial score (nSPS) is 23.3. The fourth-order valence-electron chi connectivity index (χ4n) is 2.36. The molecule has 0 radical (unpaired) electrons. The number of thiophene rings is 1. The summed E-state index contributed by atoms with van der Waals surface area (Å²) in [4.78, 5) is 2.40. The van der Waals surface area contributed by atoms with Crippen LogP contribution in [-0.2, 0) is 10.0 Å². The van der Waals surface area contributed by atoms with Gasteiger partial charge in [0, 0.05) is 32.7 Å². The lowest BCUT2D eigenvalue weighted by atomic mass is 10.3. The van der Waals surface area contributed by atoms with Gasteiger partial charge in [-0.25, -0.2) is 8.42 Å². The predicted octanol–water partition coefficient (Wildman–Crippen LogP) is 1.46. The van der Waals surface area contributed by atoms with Crippen LogP contribution in [0.1, 0.15) is 12.8 Å². The molecule has 100 valence electrons. The van der Waals surface area contributed by atoms with Crippen LogP contribution in [0.3, 0.4) is 0 Å². The zero-order valence-electron chi connectivity index (χ0n) is 10.3. The zero-order valence-corrected chi connectivity index (χ0v) is 11.9. The summed E-state index contributed by atoms with van der Waals surface area (Å²) in [5.41, 5.74) is 0. The number of rotatable bonds is 4. The first-order valence-corrected chi connectivity index (χ1v) is 8.74. The minimum absolute atomic E-state index is 0.471. The van der Waals surface area contributed by atoms with Gasteiger partial charge in [0.2, 0.25) is 0 Å². The van der Waals surface area contributed by atoms with Crippen LogP contribution in [0, 0.1) is 5.92 Å². The van der Waals surface area contributed by atoms with Gasteiger partial charge < -0.3 is 4.90 Å². The topological polar surface area (TPSA) is 40.6 Å². The summed E-state index contributed by atoms with van der Waals surface area (Å²) in [6.07, 6.45) is 2.71. The maximum absolute atomic E-state index is 12.3. The van der Waals surface area contributed by atoms with Crippen molar-refractivity contribution >= 4 is 21.4 Å². The van der Waals surface area contributed by atoms with E-state index in [1.807, 2.05) is 5.38 Å². The largest absolute Gasteiger partial charge is 0.300 e. The van der Waals surface area contributed by atoms with Gasteiger partial charge in [0.05, 0.1) is 0 Å². The van der Waals surface area contributed by atoms with Crippen molar-refractivity contribution in [2.45, 2.75) is 17.1 Å². The Morgan fingerprint density at radius 2 is 1.94 bits per heavy atom. The summed E-state index contributed by atoms with van der Waals surface area (Å²) in [5.74, 6) is 0.880. The molecule has 1 aromatic rings. The van der Waals surface area contributed by atoms with Crippen molar-refractivity contribution in [3.63, 3.8) is 0 Å². The third kappa shape index (κ3) is 2.61. The summed E-state index contributed by atoms with van der Waals surface area (Å²) in [5, 5.41) is 1.82. The highest BCUT2D eigenvalue weighted by Gasteiger charge is 2.31. The second-order valence-electron chi connectivity index (χ2n) is 5.08. The van der Waals surface area contributed by atoms with E-state index in [0.29, 0.717) is 17.3 Å². The first-order chi connectivity index (χ1) is 8.66. The Hall–Kier alpha value is -0.430. The third-order valence-electron chi connectivity index (χ3n) is 3.63. The quantitative estimate of drug-likeness (QED) is 0.841. The lowest BCUT2D eigenvalue weighted by Gasteiger charge is -2.33. The van der Waals surface area contributed by atoms with Crippen LogP contribution >= 0.6 is 11.3 Å². The average Bonchev–Trinajstić information content (AvgIpc) is 2.99. The van der Waals surface area contributed by atoms with Crippen molar-refractivity contribution in [1.29, 1.82) is 0 Å². The lowest BCUT2D eigenvalue weighted by molar-refractivity contribution is 0.182. The number of sulfonamides is 1. The van der Waals surface area contributed by atoms with Gasteiger partial charge in [-0.3, -0.25) is 0 Å². The molecule has 1 saturated carbocycles. The Morgan fingerprint density at radius 1 is 1.22 bits per heavy atom. The Morgan fingerprint density at radius 3 is 2.50 bits per heavy atom. The summed E-state index contributed by atoms with van der Waals surface area (Å²) in [6, 6.07) is 3.48. The van der Waals surface area contributed by atoms with Crippen molar-refractivity contribution in [3.05, 3.63) is 17.5 Å². The highest BCUT2D eigenvalue weighted by atomic mass is 32.2. The van der Waals surface area contributed by atoms with Gasteiger partial charge in [-0.1, -0.05) is 6.07 Å². The molecular formula is C12H18N2O2S2. The van der Waals surface area contributed by atoms with Gasteiger partial charge >= 0.3 is 0 Å². The Labute approximate surface area is 112 Å². The molecule has 4 nitrogen and oxygen atoms in total. The van der Waals surface area contributed by atoms with Gasteiger partial charge in [-0.2, -0.15) is 4.31 Å². The Kier molecular flexibility index (Phi) is 3.44. The molecule has 0 N–H and O–H groups in total. The van der Waals surface area contributed by atoms with Crippen LogP contribution in [0.5, 0.6) is 0 Å². The second-order valence-corrected chi connectivity index (χ2v) is 8.19. The third-order valence-corrected chi connectivity index (χ3v) is 6.91. The van der Waals surface area contributed by atoms with E-state index in [0.717, 1.165) is 25.6 Å². The molecule has 2 heterocycles. The lowest BCUT2D eigenvalue weighted by Crippen LogP contribution is -2.48. The molecule has 0 unspecified atom stereocenters. The van der Waals surface area contributed by atoms with Gasteiger partial charge in [0.1, 0.15) is 4.21 Å². The summed E-state index contributed by atoms with van der Waals surface area (Å²) in [7, 11) is -3.23. The molecule has 1 aliphatic heterocycles. The minimum atomic E-state index is -3.23. The fourth-order valence-corrected chi connectivity index (χ4v) is 4.92. The zero-order chi connectivity index (χ0) is 12.6. The molecule has 0 amide bonds. The molecule has 1 aromatic heterocycles. The first kappa shape index (κ1) is 12.6. The Balaban J connectivity index is 1.61.